The summed E-state index contributed by atoms with van der Waals surface area (Å²) in [6, 6.07) is 13.0. The first-order chi connectivity index (χ1) is 19.7. The van der Waals surface area contributed by atoms with Crippen molar-refractivity contribution in [3.8, 4) is 22.6 Å². The van der Waals surface area contributed by atoms with Gasteiger partial charge in [0.2, 0.25) is 22.7 Å². The van der Waals surface area contributed by atoms with E-state index in [4.69, 9.17) is 9.47 Å². The van der Waals surface area contributed by atoms with E-state index >= 15 is 0 Å². The number of anilines is 1. The lowest BCUT2D eigenvalue weighted by Crippen LogP contribution is -2.51. The average molecular weight is 607 g/mol. The number of hydrogen-bond acceptors (Lipinski definition) is 7. The molecule has 0 radical (unpaired) electrons. The molecule has 224 valence electrons. The molecule has 1 fully saturated rings. The van der Waals surface area contributed by atoms with Gasteiger partial charge in [-0.25, -0.2) is 13.1 Å². The van der Waals surface area contributed by atoms with Crippen LogP contribution in [0.3, 0.4) is 0 Å². The highest BCUT2D eigenvalue weighted by atomic mass is 32.2. The summed E-state index contributed by atoms with van der Waals surface area (Å²) < 4.78 is 81.0. The minimum Gasteiger partial charge on any atom is -0.454 e. The van der Waals surface area contributed by atoms with Crippen LogP contribution in [0.5, 0.6) is 11.5 Å². The number of amides is 1. The predicted octanol–water partition coefficient (Wildman–Crippen LogP) is 4.10. The van der Waals surface area contributed by atoms with Gasteiger partial charge in [-0.1, -0.05) is 18.2 Å². The molecule has 0 bridgehead atoms. The van der Waals surface area contributed by atoms with Crippen LogP contribution in [0.4, 0.5) is 18.9 Å². The van der Waals surface area contributed by atoms with Gasteiger partial charge in [-0.05, 0) is 85.3 Å². The Balaban J connectivity index is 1.46. The van der Waals surface area contributed by atoms with Crippen LogP contribution >= 0.6 is 0 Å². The molecule has 0 spiro atoms. The van der Waals surface area contributed by atoms with Crippen LogP contribution in [0, 0.1) is 6.92 Å². The fourth-order valence-corrected chi connectivity index (χ4v) is 6.47. The zero-order valence-corrected chi connectivity index (χ0v) is 23.5. The fourth-order valence-electron chi connectivity index (χ4n) is 4.87. The van der Waals surface area contributed by atoms with E-state index in [2.05, 4.69) is 5.32 Å². The molecule has 1 heterocycles. The van der Waals surface area contributed by atoms with Gasteiger partial charge in [-0.15, -0.1) is 0 Å². The third-order valence-corrected chi connectivity index (χ3v) is 9.27. The average Bonchev–Trinajstić information content (AvgIpc) is 3.63. The number of nitrogens with one attached hydrogen (secondary N) is 2. The molecule has 42 heavy (non-hydrogen) atoms. The Morgan fingerprint density at radius 1 is 0.976 bits per heavy atom. The van der Waals surface area contributed by atoms with E-state index in [1.54, 1.807) is 37.3 Å². The third kappa shape index (κ3) is 5.56. The smallest absolute Gasteiger partial charge is 0.417 e. The van der Waals surface area contributed by atoms with Crippen molar-refractivity contribution >= 4 is 21.6 Å². The summed E-state index contributed by atoms with van der Waals surface area (Å²) >= 11 is 0. The molecule has 1 saturated carbocycles. The van der Waals surface area contributed by atoms with Gasteiger partial charge in [0.25, 0.3) is 0 Å². The first-order valence-corrected chi connectivity index (χ1v) is 14.5. The Labute approximate surface area is 240 Å². The Morgan fingerprint density at radius 2 is 1.67 bits per heavy atom. The maximum absolute atomic E-state index is 14.1. The highest BCUT2D eigenvalue weighted by Gasteiger charge is 2.51. The molecule has 1 aliphatic carbocycles. The Bertz CT molecular complexity index is 1650. The minimum absolute atomic E-state index is 0.0823. The quantitative estimate of drug-likeness (QED) is 0.288. The summed E-state index contributed by atoms with van der Waals surface area (Å²) in [5, 5.41) is 21.8. The normalized spacial score (nSPS) is 15.9. The van der Waals surface area contributed by atoms with E-state index in [0.717, 1.165) is 24.6 Å². The highest BCUT2D eigenvalue weighted by Crippen LogP contribution is 2.51. The van der Waals surface area contributed by atoms with Crippen molar-refractivity contribution in [2.24, 2.45) is 0 Å². The zero-order valence-electron chi connectivity index (χ0n) is 22.7. The highest BCUT2D eigenvalue weighted by molar-refractivity contribution is 7.89. The van der Waals surface area contributed by atoms with E-state index in [1.165, 1.54) is 6.07 Å². The van der Waals surface area contributed by atoms with Gasteiger partial charge < -0.3 is 25.0 Å². The van der Waals surface area contributed by atoms with Crippen molar-refractivity contribution in [3.05, 3.63) is 71.3 Å². The number of rotatable bonds is 9. The zero-order chi connectivity index (χ0) is 30.5. The molecule has 0 atom stereocenters. The van der Waals surface area contributed by atoms with E-state index in [9.17, 15) is 36.6 Å². The van der Waals surface area contributed by atoms with Crippen LogP contribution in [0.1, 0.15) is 36.5 Å². The van der Waals surface area contributed by atoms with Crippen LogP contribution in [-0.2, 0) is 26.4 Å². The molecule has 3 aromatic carbocycles. The number of halogens is 3. The first-order valence-electron chi connectivity index (χ1n) is 13.0. The second kappa shape index (κ2) is 10.6. The Morgan fingerprint density at radius 3 is 2.31 bits per heavy atom. The van der Waals surface area contributed by atoms with E-state index < -0.39 is 50.8 Å². The van der Waals surface area contributed by atoms with E-state index in [-0.39, 0.29) is 18.3 Å². The molecular weight excluding hydrogens is 577 g/mol. The topological polar surface area (TPSA) is 134 Å². The molecular formula is C29H29F3N2O7S. The number of aliphatic hydroxyl groups is 2. The lowest BCUT2D eigenvalue weighted by atomic mass is 9.94. The first kappa shape index (κ1) is 29.8. The number of carbonyl (C=O) groups is 1. The van der Waals surface area contributed by atoms with Crippen LogP contribution in [0.25, 0.3) is 11.1 Å². The molecule has 0 aromatic heterocycles. The fraction of sp³-hybridized carbons (Fsp3) is 0.345. The summed E-state index contributed by atoms with van der Waals surface area (Å²) in [7, 11) is -4.79. The number of alkyl halides is 3. The number of hydrogen-bond donors (Lipinski definition) is 4. The molecule has 3 aromatic rings. The van der Waals surface area contributed by atoms with Crippen LogP contribution < -0.4 is 19.5 Å². The molecule has 1 aliphatic heterocycles. The summed E-state index contributed by atoms with van der Waals surface area (Å²) in [5.41, 5.74) is -1.78. The lowest BCUT2D eigenvalue weighted by molar-refractivity contribution is -0.139. The van der Waals surface area contributed by atoms with E-state index in [1.807, 2.05) is 10.8 Å². The summed E-state index contributed by atoms with van der Waals surface area (Å²) in [5.74, 6) is 0.889. The van der Waals surface area contributed by atoms with Crippen molar-refractivity contribution in [3.63, 3.8) is 0 Å². The summed E-state index contributed by atoms with van der Waals surface area (Å²) in [6.07, 6.45) is -3.82. The van der Waals surface area contributed by atoms with Crippen molar-refractivity contribution < 1.29 is 46.1 Å². The maximum atomic E-state index is 14.1. The molecule has 0 unspecified atom stereocenters. The molecule has 2 aliphatic rings. The molecule has 9 nitrogen and oxygen atoms in total. The van der Waals surface area contributed by atoms with Gasteiger partial charge in [0, 0.05) is 5.69 Å². The predicted molar refractivity (Wildman–Crippen MR) is 147 cm³/mol. The van der Waals surface area contributed by atoms with Crippen LogP contribution in [0.15, 0.2) is 59.5 Å². The van der Waals surface area contributed by atoms with Crippen molar-refractivity contribution in [1.29, 1.82) is 0 Å². The van der Waals surface area contributed by atoms with Crippen LogP contribution in [-0.4, -0.2) is 50.1 Å². The maximum Gasteiger partial charge on any atom is 0.417 e. The molecule has 5 rings (SSSR count). The second-order valence-electron chi connectivity index (χ2n) is 10.8. The minimum atomic E-state index is -5.04. The number of carbonyl (C=O) groups excluding carboxylic acids is 1. The number of benzene rings is 3. The van der Waals surface area contributed by atoms with Gasteiger partial charge in [0.1, 0.15) is 0 Å². The van der Waals surface area contributed by atoms with Gasteiger partial charge >= 0.3 is 6.18 Å². The summed E-state index contributed by atoms with van der Waals surface area (Å²) in [4.78, 5) is 12.3. The van der Waals surface area contributed by atoms with Gasteiger partial charge in [-0.3, -0.25) is 4.79 Å². The van der Waals surface area contributed by atoms with Crippen molar-refractivity contribution in [2.75, 3.05) is 25.3 Å². The third-order valence-electron chi connectivity index (χ3n) is 7.57. The standard InChI is InChI=1S/C29H29F3N2O7S/c1-17-3-6-20(33-26(37)28(9-10-28)19-5-7-23-24(12-19)41-16-40-23)13-21(17)18-4-8-25(22(11-18)29(30,31)32)42(38,39)34-27(2,14-35)15-36/h3-8,11-13,34-36H,9-10,14-16H2,1-2H3,(H,33,37). The monoisotopic (exact) mass is 606 g/mol. The number of fused-ring (bicyclic) bond motifs is 1. The van der Waals surface area contributed by atoms with Gasteiger partial charge in [0.15, 0.2) is 11.5 Å². The van der Waals surface area contributed by atoms with E-state index in [0.29, 0.717) is 41.2 Å². The molecule has 1 amide bonds. The van der Waals surface area contributed by atoms with Crippen molar-refractivity contribution in [2.45, 2.75) is 48.7 Å². The molecule has 0 saturated heterocycles. The van der Waals surface area contributed by atoms with Crippen LogP contribution in [0.2, 0.25) is 0 Å². The number of sulfonamides is 1. The lowest BCUT2D eigenvalue weighted by Gasteiger charge is -2.26. The molecule has 4 N–H and O–H groups in total. The van der Waals surface area contributed by atoms with Crippen molar-refractivity contribution in [1.82, 2.24) is 4.72 Å². The van der Waals surface area contributed by atoms with Gasteiger partial charge in [-0.2, -0.15) is 13.2 Å². The SMILES string of the molecule is Cc1ccc(NC(=O)C2(c3ccc4c(c3)OCO4)CC2)cc1-c1ccc(S(=O)(=O)NC(C)(CO)CO)c(C(F)(F)F)c1. The summed E-state index contributed by atoms with van der Waals surface area (Å²) in [6.45, 7) is 1.27. The Hall–Kier alpha value is -3.65. The second-order valence-corrected chi connectivity index (χ2v) is 12.5. The number of ether oxygens (including phenoxy) is 2. The number of aliphatic hydroxyl groups excluding tert-OH is 2. The Kier molecular flexibility index (Phi) is 7.50. The largest absolute Gasteiger partial charge is 0.454 e. The number of aryl methyl sites for hydroxylation is 1. The molecule has 13 heteroatoms. The van der Waals surface area contributed by atoms with Gasteiger partial charge in [0.05, 0.1) is 34.6 Å².